The van der Waals surface area contributed by atoms with E-state index < -0.39 is 5.97 Å². The van der Waals surface area contributed by atoms with Crippen molar-refractivity contribution in [3.63, 3.8) is 0 Å². The average Bonchev–Trinajstić information content (AvgIpc) is 3.02. The molecular weight excluding hydrogens is 362 g/mol. The lowest BCUT2D eigenvalue weighted by Crippen LogP contribution is -2.07. The number of rotatable bonds is 4. The highest BCUT2D eigenvalue weighted by Crippen LogP contribution is 2.36. The van der Waals surface area contributed by atoms with E-state index in [0.29, 0.717) is 28.1 Å². The Kier molecular flexibility index (Phi) is 4.50. The van der Waals surface area contributed by atoms with Crippen molar-refractivity contribution in [3.05, 3.63) is 76.4 Å². The van der Waals surface area contributed by atoms with Gasteiger partial charge in [0, 0.05) is 33.3 Å². The van der Waals surface area contributed by atoms with E-state index in [2.05, 4.69) is 4.98 Å². The molecule has 0 aliphatic carbocycles. The average molecular weight is 380 g/mol. The molecule has 4 aromatic rings. The van der Waals surface area contributed by atoms with Gasteiger partial charge in [0.05, 0.1) is 17.7 Å². The lowest BCUT2D eigenvalue weighted by atomic mass is 10.0. The highest BCUT2D eigenvalue weighted by atomic mass is 35.5. The second-order valence-electron chi connectivity index (χ2n) is 6.33. The van der Waals surface area contributed by atoms with Gasteiger partial charge >= 0.3 is 5.97 Å². The van der Waals surface area contributed by atoms with E-state index in [1.807, 2.05) is 48.5 Å². The van der Waals surface area contributed by atoms with E-state index in [1.54, 1.807) is 13.0 Å². The zero-order valence-electron chi connectivity index (χ0n) is 14.8. The fourth-order valence-corrected chi connectivity index (χ4v) is 3.67. The Hall–Kier alpha value is -2.98. The van der Waals surface area contributed by atoms with Crippen molar-refractivity contribution < 1.29 is 14.6 Å². The molecule has 0 atom stereocenters. The monoisotopic (exact) mass is 379 g/mol. The summed E-state index contributed by atoms with van der Waals surface area (Å²) in [4.78, 5) is 16.1. The Morgan fingerprint density at radius 2 is 1.78 bits per heavy atom. The second-order valence-corrected chi connectivity index (χ2v) is 6.74. The maximum absolute atomic E-state index is 12.7. The minimum Gasteiger partial charge on any atom is -0.507 e. The number of aromatic amines is 1. The number of ether oxygens (including phenoxy) is 1. The van der Waals surface area contributed by atoms with Gasteiger partial charge < -0.3 is 14.8 Å². The van der Waals surface area contributed by atoms with Gasteiger partial charge in [-0.05, 0) is 24.6 Å². The van der Waals surface area contributed by atoms with Crippen molar-refractivity contribution in [2.24, 2.45) is 0 Å². The second kappa shape index (κ2) is 6.97. The van der Waals surface area contributed by atoms with Crippen LogP contribution in [0.4, 0.5) is 0 Å². The van der Waals surface area contributed by atoms with Gasteiger partial charge in [-0.1, -0.05) is 54.1 Å². The number of aromatic hydroxyl groups is 1. The Labute approximate surface area is 161 Å². The number of H-pyrrole nitrogens is 1. The molecule has 0 amide bonds. The first-order valence-electron chi connectivity index (χ1n) is 8.76. The Morgan fingerprint density at radius 1 is 1.07 bits per heavy atom. The molecule has 27 heavy (non-hydrogen) atoms. The molecule has 2 N–H and O–H groups in total. The molecule has 5 heteroatoms. The summed E-state index contributed by atoms with van der Waals surface area (Å²) in [6.45, 7) is 2.05. The Balaban J connectivity index is 1.99. The van der Waals surface area contributed by atoms with Crippen molar-refractivity contribution >= 4 is 39.2 Å². The number of hydrogen-bond acceptors (Lipinski definition) is 3. The summed E-state index contributed by atoms with van der Waals surface area (Å²) in [6, 6.07) is 16.7. The van der Waals surface area contributed by atoms with E-state index in [9.17, 15) is 9.90 Å². The molecule has 4 nitrogen and oxygen atoms in total. The molecule has 0 saturated heterocycles. The molecule has 0 aliphatic heterocycles. The lowest BCUT2D eigenvalue weighted by molar-refractivity contribution is 0.0527. The number of hydrogen-bond donors (Lipinski definition) is 2. The van der Waals surface area contributed by atoms with E-state index in [-0.39, 0.29) is 12.4 Å². The summed E-state index contributed by atoms with van der Waals surface area (Å²) in [7, 11) is 0. The van der Waals surface area contributed by atoms with Crippen molar-refractivity contribution in [2.45, 2.75) is 13.3 Å². The van der Waals surface area contributed by atoms with Gasteiger partial charge in [0.25, 0.3) is 0 Å². The standard InChI is InChI=1S/C22H18ClNO3/c1-2-27-22(26)20-16-12-19(25)14-8-4-5-9-15(14)21(16)24-18(20)11-13-7-3-6-10-17(13)23/h3-10,12,24-25H,2,11H2,1H3. The Bertz CT molecular complexity index is 1160. The first-order chi connectivity index (χ1) is 13.1. The molecule has 3 aromatic carbocycles. The zero-order chi connectivity index (χ0) is 19.0. The number of carbonyl (C=O) groups excluding carboxylic acids is 1. The van der Waals surface area contributed by atoms with E-state index >= 15 is 0 Å². The van der Waals surface area contributed by atoms with Crippen LogP contribution in [0.15, 0.2) is 54.6 Å². The molecule has 0 saturated carbocycles. The summed E-state index contributed by atoms with van der Waals surface area (Å²) in [5.74, 6) is -0.285. The fourth-order valence-electron chi connectivity index (χ4n) is 3.47. The van der Waals surface area contributed by atoms with Crippen LogP contribution in [0.25, 0.3) is 21.7 Å². The van der Waals surface area contributed by atoms with Crippen LogP contribution in [0.3, 0.4) is 0 Å². The molecule has 4 rings (SSSR count). The minimum absolute atomic E-state index is 0.131. The van der Waals surface area contributed by atoms with Gasteiger partial charge in [-0.2, -0.15) is 0 Å². The third kappa shape index (κ3) is 3.02. The molecule has 0 radical (unpaired) electrons. The number of benzene rings is 3. The molecule has 0 spiro atoms. The van der Waals surface area contributed by atoms with Crippen molar-refractivity contribution in [2.75, 3.05) is 6.61 Å². The van der Waals surface area contributed by atoms with Crippen LogP contribution < -0.4 is 0 Å². The van der Waals surface area contributed by atoms with Gasteiger partial charge in [0.1, 0.15) is 5.75 Å². The van der Waals surface area contributed by atoms with Gasteiger partial charge in [0.2, 0.25) is 0 Å². The van der Waals surface area contributed by atoms with Crippen LogP contribution in [-0.2, 0) is 11.2 Å². The number of halogens is 1. The zero-order valence-corrected chi connectivity index (χ0v) is 15.5. The van der Waals surface area contributed by atoms with Crippen LogP contribution in [0.5, 0.6) is 5.75 Å². The summed E-state index contributed by atoms with van der Waals surface area (Å²) in [5.41, 5.74) is 2.86. The summed E-state index contributed by atoms with van der Waals surface area (Å²) in [6.07, 6.45) is 0.456. The number of fused-ring (bicyclic) bond motifs is 3. The number of aromatic nitrogens is 1. The van der Waals surface area contributed by atoms with E-state index in [0.717, 1.165) is 21.9 Å². The van der Waals surface area contributed by atoms with Crippen LogP contribution in [-0.4, -0.2) is 22.7 Å². The summed E-state index contributed by atoms with van der Waals surface area (Å²) >= 11 is 6.32. The van der Waals surface area contributed by atoms with Crippen molar-refractivity contribution in [1.82, 2.24) is 4.98 Å². The predicted octanol–water partition coefficient (Wildman–Crippen LogP) is 5.45. The third-order valence-corrected chi connectivity index (χ3v) is 5.04. The summed E-state index contributed by atoms with van der Waals surface area (Å²) in [5, 5.41) is 13.3. The van der Waals surface area contributed by atoms with Crippen LogP contribution >= 0.6 is 11.6 Å². The van der Waals surface area contributed by atoms with Crippen LogP contribution in [0, 0.1) is 0 Å². The normalized spacial score (nSPS) is 11.2. The van der Waals surface area contributed by atoms with Gasteiger partial charge in [0.15, 0.2) is 0 Å². The van der Waals surface area contributed by atoms with E-state index in [1.165, 1.54) is 0 Å². The number of esters is 1. The lowest BCUT2D eigenvalue weighted by Gasteiger charge is -2.07. The molecule has 1 aromatic heterocycles. The third-order valence-electron chi connectivity index (χ3n) is 4.67. The molecule has 1 heterocycles. The molecule has 0 bridgehead atoms. The first kappa shape index (κ1) is 17.4. The molecule has 136 valence electrons. The van der Waals surface area contributed by atoms with Crippen molar-refractivity contribution in [3.8, 4) is 5.75 Å². The molecular formula is C22H18ClNO3. The highest BCUT2D eigenvalue weighted by molar-refractivity contribution is 6.31. The maximum atomic E-state index is 12.7. The minimum atomic E-state index is -0.416. The topological polar surface area (TPSA) is 62.3 Å². The van der Waals surface area contributed by atoms with Crippen LogP contribution in [0.2, 0.25) is 5.02 Å². The van der Waals surface area contributed by atoms with Gasteiger partial charge in [-0.3, -0.25) is 0 Å². The first-order valence-corrected chi connectivity index (χ1v) is 9.13. The number of carbonyl (C=O) groups is 1. The molecule has 0 aliphatic rings. The molecule has 0 fully saturated rings. The van der Waals surface area contributed by atoms with Crippen LogP contribution in [0.1, 0.15) is 28.5 Å². The van der Waals surface area contributed by atoms with Crippen molar-refractivity contribution in [1.29, 1.82) is 0 Å². The number of nitrogens with one attached hydrogen (secondary N) is 1. The predicted molar refractivity (Wildman–Crippen MR) is 108 cm³/mol. The number of phenolic OH excluding ortho intramolecular Hbond substituents is 1. The SMILES string of the molecule is CCOC(=O)c1c(Cc2ccccc2Cl)[nH]c2c1cc(O)c1ccccc12. The maximum Gasteiger partial charge on any atom is 0.340 e. The quantitative estimate of drug-likeness (QED) is 0.463. The molecule has 0 unspecified atom stereocenters. The largest absolute Gasteiger partial charge is 0.507 e. The van der Waals surface area contributed by atoms with Gasteiger partial charge in [-0.25, -0.2) is 4.79 Å². The highest BCUT2D eigenvalue weighted by Gasteiger charge is 2.22. The fraction of sp³-hybridized carbons (Fsp3) is 0.136. The smallest absolute Gasteiger partial charge is 0.340 e. The van der Waals surface area contributed by atoms with Gasteiger partial charge in [-0.15, -0.1) is 0 Å². The Morgan fingerprint density at radius 3 is 2.52 bits per heavy atom. The number of phenols is 1. The van der Waals surface area contributed by atoms with E-state index in [4.69, 9.17) is 16.3 Å². The summed E-state index contributed by atoms with van der Waals surface area (Å²) < 4.78 is 5.28.